The van der Waals surface area contributed by atoms with Crippen molar-refractivity contribution in [2.24, 2.45) is 0 Å². The Morgan fingerprint density at radius 3 is 2.36 bits per heavy atom. The smallest absolute Gasteiger partial charge is 0.0798 e. The van der Waals surface area contributed by atoms with Crippen molar-refractivity contribution in [1.29, 1.82) is 0 Å². The van der Waals surface area contributed by atoms with Crippen LogP contribution in [0.5, 0.6) is 0 Å². The van der Waals surface area contributed by atoms with Crippen LogP contribution in [0.25, 0.3) is 0 Å². The number of hydrogen-bond donors (Lipinski definition) is 2. The standard InChI is InChI=1S/C11H24N2O/c1-4-13(10(2)3)9-11(14)5-7-12-8-6-11/h10,12,14H,4-9H2,1-3H3. The second kappa shape index (κ2) is 5.10. The van der Waals surface area contributed by atoms with Gasteiger partial charge in [0.2, 0.25) is 0 Å². The predicted molar refractivity (Wildman–Crippen MR) is 59.4 cm³/mol. The number of aliphatic hydroxyl groups is 1. The zero-order chi connectivity index (χ0) is 10.6. The molecule has 14 heavy (non-hydrogen) atoms. The Bertz CT molecular complexity index is 165. The van der Waals surface area contributed by atoms with Gasteiger partial charge in [0.25, 0.3) is 0 Å². The van der Waals surface area contributed by atoms with E-state index < -0.39 is 5.60 Å². The third kappa shape index (κ3) is 3.23. The average molecular weight is 200 g/mol. The number of likely N-dealkylation sites (N-methyl/N-ethyl adjacent to an activating group) is 1. The zero-order valence-corrected chi connectivity index (χ0v) is 9.71. The van der Waals surface area contributed by atoms with Gasteiger partial charge >= 0.3 is 0 Å². The molecule has 3 nitrogen and oxygen atoms in total. The van der Waals surface area contributed by atoms with Crippen LogP contribution in [0, 0.1) is 0 Å². The highest BCUT2D eigenvalue weighted by atomic mass is 16.3. The molecular formula is C11H24N2O. The Hall–Kier alpha value is -0.120. The van der Waals surface area contributed by atoms with Crippen LogP contribution in [0.2, 0.25) is 0 Å². The van der Waals surface area contributed by atoms with Crippen molar-refractivity contribution in [3.05, 3.63) is 0 Å². The summed E-state index contributed by atoms with van der Waals surface area (Å²) in [5, 5.41) is 13.6. The van der Waals surface area contributed by atoms with E-state index in [1.165, 1.54) is 0 Å². The molecule has 1 saturated heterocycles. The molecule has 0 aromatic rings. The molecule has 0 bridgehead atoms. The van der Waals surface area contributed by atoms with E-state index in [1.807, 2.05) is 0 Å². The quantitative estimate of drug-likeness (QED) is 0.705. The van der Waals surface area contributed by atoms with E-state index in [-0.39, 0.29) is 0 Å². The summed E-state index contributed by atoms with van der Waals surface area (Å²) in [6.45, 7) is 10.3. The van der Waals surface area contributed by atoms with E-state index in [0.29, 0.717) is 6.04 Å². The molecular weight excluding hydrogens is 176 g/mol. The molecule has 0 atom stereocenters. The summed E-state index contributed by atoms with van der Waals surface area (Å²) >= 11 is 0. The van der Waals surface area contributed by atoms with E-state index in [4.69, 9.17) is 0 Å². The number of nitrogens with one attached hydrogen (secondary N) is 1. The maximum Gasteiger partial charge on any atom is 0.0798 e. The van der Waals surface area contributed by atoms with Crippen LogP contribution in [0.15, 0.2) is 0 Å². The largest absolute Gasteiger partial charge is 0.388 e. The van der Waals surface area contributed by atoms with E-state index in [1.54, 1.807) is 0 Å². The first-order chi connectivity index (χ1) is 6.57. The van der Waals surface area contributed by atoms with Gasteiger partial charge in [-0.2, -0.15) is 0 Å². The minimum atomic E-state index is -0.453. The number of hydrogen-bond acceptors (Lipinski definition) is 3. The Morgan fingerprint density at radius 2 is 1.93 bits per heavy atom. The van der Waals surface area contributed by atoms with Gasteiger partial charge in [0.1, 0.15) is 0 Å². The summed E-state index contributed by atoms with van der Waals surface area (Å²) in [5.41, 5.74) is -0.453. The van der Waals surface area contributed by atoms with Gasteiger partial charge in [-0.25, -0.2) is 0 Å². The molecule has 0 aromatic carbocycles. The van der Waals surface area contributed by atoms with Gasteiger partial charge in [0.05, 0.1) is 5.60 Å². The van der Waals surface area contributed by atoms with E-state index in [9.17, 15) is 5.11 Å². The first-order valence-electron chi connectivity index (χ1n) is 5.74. The van der Waals surface area contributed by atoms with Crippen LogP contribution < -0.4 is 5.32 Å². The first kappa shape index (κ1) is 12.0. The Morgan fingerprint density at radius 1 is 1.36 bits per heavy atom. The summed E-state index contributed by atoms with van der Waals surface area (Å²) in [7, 11) is 0. The number of piperidine rings is 1. The van der Waals surface area contributed by atoms with Crippen molar-refractivity contribution in [2.45, 2.75) is 45.3 Å². The summed E-state index contributed by atoms with van der Waals surface area (Å²) in [6, 6.07) is 0.527. The second-order valence-corrected chi connectivity index (χ2v) is 4.63. The molecule has 3 heteroatoms. The summed E-state index contributed by atoms with van der Waals surface area (Å²) in [4.78, 5) is 2.34. The molecule has 84 valence electrons. The number of nitrogens with zero attached hydrogens (tertiary/aromatic N) is 1. The highest BCUT2D eigenvalue weighted by molar-refractivity contribution is 4.87. The van der Waals surface area contributed by atoms with Gasteiger partial charge in [-0.1, -0.05) is 6.92 Å². The summed E-state index contributed by atoms with van der Waals surface area (Å²) < 4.78 is 0. The Kier molecular flexibility index (Phi) is 4.35. The minimum absolute atomic E-state index is 0.453. The lowest BCUT2D eigenvalue weighted by molar-refractivity contribution is -0.0265. The lowest BCUT2D eigenvalue weighted by Crippen LogP contribution is -2.51. The second-order valence-electron chi connectivity index (χ2n) is 4.63. The van der Waals surface area contributed by atoms with Crippen molar-refractivity contribution < 1.29 is 5.11 Å². The van der Waals surface area contributed by atoms with Crippen molar-refractivity contribution in [2.75, 3.05) is 26.2 Å². The predicted octanol–water partition coefficient (Wildman–Crippen LogP) is 0.831. The molecule has 1 aliphatic heterocycles. The van der Waals surface area contributed by atoms with Crippen molar-refractivity contribution in [1.82, 2.24) is 10.2 Å². The number of rotatable bonds is 4. The van der Waals surface area contributed by atoms with Crippen molar-refractivity contribution in [3.63, 3.8) is 0 Å². The topological polar surface area (TPSA) is 35.5 Å². The van der Waals surface area contributed by atoms with E-state index >= 15 is 0 Å². The molecule has 0 unspecified atom stereocenters. The molecule has 1 rings (SSSR count). The zero-order valence-electron chi connectivity index (χ0n) is 9.71. The summed E-state index contributed by atoms with van der Waals surface area (Å²) in [5.74, 6) is 0. The highest BCUT2D eigenvalue weighted by Crippen LogP contribution is 2.20. The average Bonchev–Trinajstić information content (AvgIpc) is 2.15. The van der Waals surface area contributed by atoms with E-state index in [2.05, 4.69) is 31.0 Å². The SMILES string of the molecule is CCN(CC1(O)CCNCC1)C(C)C. The third-order valence-electron chi connectivity index (χ3n) is 3.17. The van der Waals surface area contributed by atoms with Gasteiger partial charge in [0.15, 0.2) is 0 Å². The maximum atomic E-state index is 10.3. The Balaban J connectivity index is 2.46. The van der Waals surface area contributed by atoms with Gasteiger partial charge < -0.3 is 10.4 Å². The molecule has 0 radical (unpaired) electrons. The highest BCUT2D eigenvalue weighted by Gasteiger charge is 2.31. The lowest BCUT2D eigenvalue weighted by atomic mass is 9.91. The lowest BCUT2D eigenvalue weighted by Gasteiger charge is -2.38. The monoisotopic (exact) mass is 200 g/mol. The van der Waals surface area contributed by atoms with Crippen LogP contribution >= 0.6 is 0 Å². The molecule has 1 fully saturated rings. The molecule has 0 amide bonds. The van der Waals surface area contributed by atoms with Gasteiger partial charge in [-0.05, 0) is 46.3 Å². The van der Waals surface area contributed by atoms with Crippen LogP contribution in [0.3, 0.4) is 0 Å². The van der Waals surface area contributed by atoms with Crippen molar-refractivity contribution >= 4 is 0 Å². The fourth-order valence-corrected chi connectivity index (χ4v) is 2.09. The molecule has 1 aliphatic rings. The summed E-state index contributed by atoms with van der Waals surface area (Å²) in [6.07, 6.45) is 1.77. The first-order valence-corrected chi connectivity index (χ1v) is 5.74. The van der Waals surface area contributed by atoms with Gasteiger partial charge in [0, 0.05) is 12.6 Å². The molecule has 0 spiro atoms. The molecule has 0 aliphatic carbocycles. The molecule has 2 N–H and O–H groups in total. The maximum absolute atomic E-state index is 10.3. The normalized spacial score (nSPS) is 21.9. The molecule has 0 aromatic heterocycles. The van der Waals surface area contributed by atoms with Crippen LogP contribution in [0.4, 0.5) is 0 Å². The molecule has 0 saturated carbocycles. The fourth-order valence-electron chi connectivity index (χ4n) is 2.09. The third-order valence-corrected chi connectivity index (χ3v) is 3.17. The van der Waals surface area contributed by atoms with Gasteiger partial charge in [-0.3, -0.25) is 4.90 Å². The van der Waals surface area contributed by atoms with Crippen LogP contribution in [-0.2, 0) is 0 Å². The minimum Gasteiger partial charge on any atom is -0.388 e. The van der Waals surface area contributed by atoms with E-state index in [0.717, 1.165) is 39.0 Å². The van der Waals surface area contributed by atoms with Crippen LogP contribution in [0.1, 0.15) is 33.6 Å². The van der Waals surface area contributed by atoms with Gasteiger partial charge in [-0.15, -0.1) is 0 Å². The molecule has 1 heterocycles. The Labute approximate surface area is 87.5 Å². The van der Waals surface area contributed by atoms with Crippen LogP contribution in [-0.4, -0.2) is 47.8 Å². The van der Waals surface area contributed by atoms with Crippen molar-refractivity contribution in [3.8, 4) is 0 Å². The fraction of sp³-hybridized carbons (Fsp3) is 1.00.